The van der Waals surface area contributed by atoms with Gasteiger partial charge in [-0.1, -0.05) is 19.9 Å². The summed E-state index contributed by atoms with van der Waals surface area (Å²) in [5.74, 6) is -3.39. The normalized spacial score (nSPS) is 20.5. The van der Waals surface area contributed by atoms with E-state index in [-0.39, 0.29) is 76.3 Å². The highest BCUT2D eigenvalue weighted by molar-refractivity contribution is 6.02. The minimum Gasteiger partial charge on any atom is -0.479 e. The van der Waals surface area contributed by atoms with Gasteiger partial charge >= 0.3 is 5.97 Å². The Morgan fingerprint density at radius 1 is 1.04 bits per heavy atom. The standard InChI is InChI=1S/C31H44N4O11/c1-18(2)29(34-25(38)9-11-45-12-10-35-27(40)7-8-28(35)41)30(42)32-16-26(39)33-21-5-3-20(17-36)19(13-21)4-6-23-14-22(37)15-24(46-23)31(43)44/h3,5,13,18,22-24,29,36-37H,4,6-12,14-17H2,1-2H3,(H,32,42)(H,33,39)(H,34,38)(H,43,44). The fourth-order valence-corrected chi connectivity index (χ4v) is 5.30. The van der Waals surface area contributed by atoms with Crippen molar-refractivity contribution >= 4 is 41.2 Å². The molecule has 5 amide bonds. The molecule has 0 spiro atoms. The summed E-state index contributed by atoms with van der Waals surface area (Å²) < 4.78 is 11.0. The number of carbonyl (C=O) groups excluding carboxylic acids is 5. The number of aliphatic hydroxyl groups excluding tert-OH is 2. The number of nitrogens with zero attached hydrogens (tertiary/aromatic N) is 1. The number of nitrogens with one attached hydrogen (secondary N) is 3. The molecule has 1 aromatic rings. The van der Waals surface area contributed by atoms with Gasteiger partial charge in [-0.05, 0) is 48.4 Å². The summed E-state index contributed by atoms with van der Waals surface area (Å²) >= 11 is 0. The summed E-state index contributed by atoms with van der Waals surface area (Å²) in [5.41, 5.74) is 1.76. The largest absolute Gasteiger partial charge is 0.479 e. The lowest BCUT2D eigenvalue weighted by molar-refractivity contribution is -0.166. The van der Waals surface area contributed by atoms with Crippen molar-refractivity contribution in [1.82, 2.24) is 15.5 Å². The van der Waals surface area contributed by atoms with Gasteiger partial charge in [0.1, 0.15) is 6.04 Å². The van der Waals surface area contributed by atoms with Crippen molar-refractivity contribution in [3.05, 3.63) is 29.3 Å². The smallest absolute Gasteiger partial charge is 0.332 e. The molecule has 0 aliphatic carbocycles. The van der Waals surface area contributed by atoms with Crippen molar-refractivity contribution in [2.75, 3.05) is 31.6 Å². The third-order valence-corrected chi connectivity index (χ3v) is 7.83. The molecule has 2 aliphatic heterocycles. The van der Waals surface area contributed by atoms with Crippen LogP contribution >= 0.6 is 0 Å². The van der Waals surface area contributed by atoms with Crippen LogP contribution in [0.3, 0.4) is 0 Å². The number of aliphatic carboxylic acids is 1. The van der Waals surface area contributed by atoms with Crippen LogP contribution in [0.4, 0.5) is 5.69 Å². The minimum atomic E-state index is -1.13. The molecule has 15 nitrogen and oxygen atoms in total. The van der Waals surface area contributed by atoms with Crippen LogP contribution in [0.2, 0.25) is 0 Å². The van der Waals surface area contributed by atoms with Crippen molar-refractivity contribution in [1.29, 1.82) is 0 Å². The number of imide groups is 1. The third-order valence-electron chi connectivity index (χ3n) is 7.83. The lowest BCUT2D eigenvalue weighted by Gasteiger charge is -2.31. The van der Waals surface area contributed by atoms with Gasteiger partial charge in [0.25, 0.3) is 0 Å². The van der Waals surface area contributed by atoms with Gasteiger partial charge in [-0.15, -0.1) is 0 Å². The zero-order valence-electron chi connectivity index (χ0n) is 26.2. The Hall–Kier alpha value is -3.92. The zero-order chi connectivity index (χ0) is 33.8. The first kappa shape index (κ1) is 36.5. The van der Waals surface area contributed by atoms with Crippen LogP contribution in [0.1, 0.15) is 63.5 Å². The molecule has 1 aromatic carbocycles. The molecule has 0 radical (unpaired) electrons. The summed E-state index contributed by atoms with van der Waals surface area (Å²) in [5, 5.41) is 36.9. The van der Waals surface area contributed by atoms with Crippen molar-refractivity contribution in [3.8, 4) is 0 Å². The monoisotopic (exact) mass is 648 g/mol. The number of hydrogen-bond acceptors (Lipinski definition) is 10. The Bertz CT molecular complexity index is 1250. The van der Waals surface area contributed by atoms with Crippen molar-refractivity contribution in [3.63, 3.8) is 0 Å². The highest BCUT2D eigenvalue weighted by Crippen LogP contribution is 2.25. The minimum absolute atomic E-state index is 0.0275. The molecule has 4 unspecified atom stereocenters. The number of hydrogen-bond donors (Lipinski definition) is 6. The second-order valence-electron chi connectivity index (χ2n) is 11.7. The topological polar surface area (TPSA) is 221 Å². The van der Waals surface area contributed by atoms with Gasteiger partial charge in [-0.3, -0.25) is 28.9 Å². The summed E-state index contributed by atoms with van der Waals surface area (Å²) in [6.45, 7) is 3.14. The fourth-order valence-electron chi connectivity index (χ4n) is 5.30. The van der Waals surface area contributed by atoms with Gasteiger partial charge in [-0.25, -0.2) is 4.79 Å². The van der Waals surface area contributed by atoms with E-state index in [1.165, 1.54) is 0 Å². The first-order chi connectivity index (χ1) is 21.9. The van der Waals surface area contributed by atoms with E-state index < -0.39 is 48.0 Å². The molecule has 2 heterocycles. The quantitative estimate of drug-likeness (QED) is 0.0964. The number of rotatable bonds is 17. The number of aliphatic hydroxyl groups is 2. The first-order valence-corrected chi connectivity index (χ1v) is 15.4. The fraction of sp³-hybridized carbons (Fsp3) is 0.613. The number of aryl methyl sites for hydroxylation is 1. The molecular weight excluding hydrogens is 604 g/mol. The number of anilines is 1. The summed E-state index contributed by atoms with van der Waals surface area (Å²) in [7, 11) is 0. The highest BCUT2D eigenvalue weighted by Gasteiger charge is 2.33. The van der Waals surface area contributed by atoms with E-state index in [0.29, 0.717) is 36.1 Å². The van der Waals surface area contributed by atoms with Crippen molar-refractivity contribution in [2.24, 2.45) is 5.92 Å². The van der Waals surface area contributed by atoms with Crippen LogP contribution in [0.5, 0.6) is 0 Å². The van der Waals surface area contributed by atoms with E-state index in [1.807, 2.05) is 0 Å². The zero-order valence-corrected chi connectivity index (χ0v) is 26.2. The molecule has 0 bridgehead atoms. The van der Waals surface area contributed by atoms with E-state index in [2.05, 4.69) is 16.0 Å². The van der Waals surface area contributed by atoms with Crippen LogP contribution in [-0.2, 0) is 51.3 Å². The maximum atomic E-state index is 12.8. The Kier molecular flexibility index (Phi) is 14.1. The van der Waals surface area contributed by atoms with E-state index in [9.17, 15) is 44.1 Å². The number of carboxylic acids is 1. The Morgan fingerprint density at radius 2 is 1.76 bits per heavy atom. The van der Waals surface area contributed by atoms with Gasteiger partial charge in [0.2, 0.25) is 29.5 Å². The summed E-state index contributed by atoms with van der Waals surface area (Å²) in [4.78, 5) is 73.6. The molecule has 4 atom stereocenters. The van der Waals surface area contributed by atoms with E-state index in [0.717, 1.165) is 4.90 Å². The third kappa shape index (κ3) is 11.2. The first-order valence-electron chi connectivity index (χ1n) is 15.4. The second-order valence-corrected chi connectivity index (χ2v) is 11.7. The maximum absolute atomic E-state index is 12.8. The lowest BCUT2D eigenvalue weighted by Crippen LogP contribution is -2.51. The van der Waals surface area contributed by atoms with Gasteiger partial charge < -0.3 is 40.7 Å². The molecule has 2 fully saturated rings. The van der Waals surface area contributed by atoms with Crippen LogP contribution in [-0.4, -0.2) is 106 Å². The van der Waals surface area contributed by atoms with Crippen LogP contribution in [0.15, 0.2) is 18.2 Å². The molecule has 2 aliphatic rings. The van der Waals surface area contributed by atoms with Crippen LogP contribution in [0, 0.1) is 5.92 Å². The average Bonchev–Trinajstić information content (AvgIpc) is 3.33. The van der Waals surface area contributed by atoms with Crippen molar-refractivity contribution < 1.29 is 53.6 Å². The number of carbonyl (C=O) groups is 6. The summed E-state index contributed by atoms with van der Waals surface area (Å²) in [6, 6.07) is 4.03. The SMILES string of the molecule is CC(C)C(NC(=O)CCOCCN1C(=O)CCC1=O)C(=O)NCC(=O)Nc1ccc(CO)c(CCC2CC(O)CC(C(=O)O)O2)c1. The Balaban J connectivity index is 1.43. The van der Waals surface area contributed by atoms with Crippen LogP contribution < -0.4 is 16.0 Å². The molecule has 46 heavy (non-hydrogen) atoms. The number of benzene rings is 1. The number of ether oxygens (including phenoxy) is 2. The van der Waals surface area contributed by atoms with E-state index in [4.69, 9.17) is 9.47 Å². The molecule has 0 saturated carbocycles. The predicted octanol–water partition coefficient (Wildman–Crippen LogP) is -0.144. The van der Waals surface area contributed by atoms with E-state index in [1.54, 1.807) is 32.0 Å². The summed E-state index contributed by atoms with van der Waals surface area (Å²) in [6.07, 6.45) is -0.870. The molecule has 3 rings (SSSR count). The Morgan fingerprint density at radius 3 is 2.41 bits per heavy atom. The van der Waals surface area contributed by atoms with Gasteiger partial charge in [0.05, 0.1) is 45.1 Å². The van der Waals surface area contributed by atoms with Gasteiger partial charge in [0.15, 0.2) is 6.10 Å². The van der Waals surface area contributed by atoms with Gasteiger partial charge in [0, 0.05) is 31.4 Å². The molecule has 15 heteroatoms. The number of amides is 5. The number of carboxylic acid groups (broad SMARTS) is 1. The molecule has 254 valence electrons. The van der Waals surface area contributed by atoms with Gasteiger partial charge in [-0.2, -0.15) is 0 Å². The average molecular weight is 649 g/mol. The Labute approximate surface area is 267 Å². The molecule has 0 aromatic heterocycles. The molecular formula is C31H44N4O11. The molecule has 2 saturated heterocycles. The highest BCUT2D eigenvalue weighted by atomic mass is 16.5. The number of likely N-dealkylation sites (tertiary alicyclic amines) is 1. The van der Waals surface area contributed by atoms with Crippen LogP contribution in [0.25, 0.3) is 0 Å². The molecule has 6 N–H and O–H groups in total. The lowest BCUT2D eigenvalue weighted by atomic mass is 9.94. The second kappa shape index (κ2) is 17.7. The maximum Gasteiger partial charge on any atom is 0.332 e. The van der Waals surface area contributed by atoms with Crippen molar-refractivity contribution in [2.45, 2.75) is 89.8 Å². The predicted molar refractivity (Wildman–Crippen MR) is 162 cm³/mol. The van der Waals surface area contributed by atoms with E-state index >= 15 is 0 Å².